The second-order valence-electron chi connectivity index (χ2n) is 4.90. The molecule has 1 aromatic carbocycles. The van der Waals surface area contributed by atoms with Crippen molar-refractivity contribution in [2.45, 2.75) is 38.4 Å². The van der Waals surface area contributed by atoms with Crippen LogP contribution in [-0.2, 0) is 22.9 Å². The highest BCUT2D eigenvalue weighted by molar-refractivity contribution is 7.93. The minimum atomic E-state index is -3.29. The molecule has 1 fully saturated rings. The van der Waals surface area contributed by atoms with E-state index in [0.717, 1.165) is 29.7 Å². The highest BCUT2D eigenvalue weighted by Crippen LogP contribution is 2.34. The number of nitrogens with two attached hydrogens (primary N) is 1. The lowest BCUT2D eigenvalue weighted by Gasteiger charge is -2.24. The smallest absolute Gasteiger partial charge is 0.239 e. The minimum Gasteiger partial charge on any atom is -0.329 e. The molecule has 1 aliphatic rings. The SMILES string of the molecule is CCc1cccc(CC)c1N1CC[C@@H](CN)S1(=O)=O. The number of aryl methyl sites for hydroxylation is 2. The van der Waals surface area contributed by atoms with Crippen LogP contribution in [0.25, 0.3) is 0 Å². The summed E-state index contributed by atoms with van der Waals surface area (Å²) in [6, 6.07) is 6.03. The first-order valence-corrected chi connectivity index (χ1v) is 8.38. The molecule has 4 nitrogen and oxygen atoms in total. The van der Waals surface area contributed by atoms with Gasteiger partial charge in [0.05, 0.1) is 10.9 Å². The van der Waals surface area contributed by atoms with Crippen molar-refractivity contribution in [1.29, 1.82) is 0 Å². The van der Waals surface area contributed by atoms with E-state index in [1.165, 1.54) is 0 Å². The number of sulfonamides is 1. The van der Waals surface area contributed by atoms with E-state index in [1.54, 1.807) is 4.31 Å². The van der Waals surface area contributed by atoms with Crippen LogP contribution in [0.2, 0.25) is 0 Å². The van der Waals surface area contributed by atoms with Gasteiger partial charge in [-0.3, -0.25) is 4.31 Å². The van der Waals surface area contributed by atoms with Gasteiger partial charge in [-0.05, 0) is 30.4 Å². The summed E-state index contributed by atoms with van der Waals surface area (Å²) in [4.78, 5) is 0. The summed E-state index contributed by atoms with van der Waals surface area (Å²) in [6.07, 6.45) is 2.30. The Morgan fingerprint density at radius 1 is 1.26 bits per heavy atom. The van der Waals surface area contributed by atoms with Crippen molar-refractivity contribution in [2.75, 3.05) is 17.4 Å². The zero-order chi connectivity index (χ0) is 14.0. The fraction of sp³-hybridized carbons (Fsp3) is 0.571. The summed E-state index contributed by atoms with van der Waals surface area (Å²) in [6.45, 7) is 4.87. The first-order chi connectivity index (χ1) is 9.06. The minimum absolute atomic E-state index is 0.203. The van der Waals surface area contributed by atoms with Gasteiger partial charge in [-0.15, -0.1) is 0 Å². The van der Waals surface area contributed by atoms with Crippen LogP contribution in [-0.4, -0.2) is 26.8 Å². The average Bonchev–Trinajstić information content (AvgIpc) is 2.71. The van der Waals surface area contributed by atoms with Crippen molar-refractivity contribution >= 4 is 15.7 Å². The molecule has 0 unspecified atom stereocenters. The molecule has 0 saturated carbocycles. The van der Waals surface area contributed by atoms with Crippen LogP contribution in [0.15, 0.2) is 18.2 Å². The molecule has 2 rings (SSSR count). The third-order valence-corrected chi connectivity index (χ3v) is 6.11. The Labute approximate surface area is 115 Å². The molecule has 2 N–H and O–H groups in total. The maximum Gasteiger partial charge on any atom is 0.239 e. The molecule has 1 atom stereocenters. The van der Waals surface area contributed by atoms with Crippen LogP contribution in [0.4, 0.5) is 5.69 Å². The standard InChI is InChI=1S/C14H22N2O2S/c1-3-11-6-5-7-12(4-2)14(11)16-9-8-13(10-15)19(16,17)18/h5-7,13H,3-4,8-10,15H2,1-2H3/t13-/m0/s1. The third kappa shape index (κ3) is 2.37. The summed E-state index contributed by atoms with van der Waals surface area (Å²) in [5.41, 5.74) is 8.67. The zero-order valence-corrected chi connectivity index (χ0v) is 12.4. The number of hydrogen-bond donors (Lipinski definition) is 1. The largest absolute Gasteiger partial charge is 0.329 e. The Morgan fingerprint density at radius 2 is 1.84 bits per heavy atom. The molecule has 1 heterocycles. The maximum absolute atomic E-state index is 12.5. The predicted molar refractivity (Wildman–Crippen MR) is 78.9 cm³/mol. The molecule has 1 saturated heterocycles. The van der Waals surface area contributed by atoms with E-state index in [1.807, 2.05) is 18.2 Å². The number of hydrogen-bond acceptors (Lipinski definition) is 3. The molecule has 1 aromatic rings. The lowest BCUT2D eigenvalue weighted by molar-refractivity contribution is 0.588. The molecular weight excluding hydrogens is 260 g/mol. The van der Waals surface area contributed by atoms with Crippen molar-refractivity contribution in [1.82, 2.24) is 0 Å². The van der Waals surface area contributed by atoms with E-state index in [9.17, 15) is 8.42 Å². The number of benzene rings is 1. The average molecular weight is 282 g/mol. The van der Waals surface area contributed by atoms with Crippen molar-refractivity contribution in [2.24, 2.45) is 5.73 Å². The quantitative estimate of drug-likeness (QED) is 0.914. The first kappa shape index (κ1) is 14.3. The molecule has 5 heteroatoms. The van der Waals surface area contributed by atoms with Crippen molar-refractivity contribution < 1.29 is 8.42 Å². The van der Waals surface area contributed by atoms with Gasteiger partial charge in [0.1, 0.15) is 0 Å². The van der Waals surface area contributed by atoms with Crippen LogP contribution in [0.1, 0.15) is 31.4 Å². The Kier molecular flexibility index (Phi) is 4.16. The summed E-state index contributed by atoms with van der Waals surface area (Å²) < 4.78 is 26.6. The molecule has 0 radical (unpaired) electrons. The number of nitrogens with zero attached hydrogens (tertiary/aromatic N) is 1. The lowest BCUT2D eigenvalue weighted by atomic mass is 10.0. The van der Waals surface area contributed by atoms with Crippen LogP contribution >= 0.6 is 0 Å². The maximum atomic E-state index is 12.5. The van der Waals surface area contributed by atoms with Gasteiger partial charge in [-0.25, -0.2) is 8.42 Å². The Morgan fingerprint density at radius 3 is 2.26 bits per heavy atom. The van der Waals surface area contributed by atoms with E-state index >= 15 is 0 Å². The molecule has 0 amide bonds. The second kappa shape index (κ2) is 5.51. The van der Waals surface area contributed by atoms with Gasteiger partial charge in [0.25, 0.3) is 0 Å². The Balaban J connectivity index is 2.54. The first-order valence-electron chi connectivity index (χ1n) is 6.88. The summed E-state index contributed by atoms with van der Waals surface area (Å²) >= 11 is 0. The van der Waals surface area contributed by atoms with Gasteiger partial charge in [-0.1, -0.05) is 32.0 Å². The Hall–Kier alpha value is -1.07. The Bertz CT molecular complexity index is 532. The highest BCUT2D eigenvalue weighted by Gasteiger charge is 2.39. The topological polar surface area (TPSA) is 63.4 Å². The van der Waals surface area contributed by atoms with E-state index in [0.29, 0.717) is 13.0 Å². The van der Waals surface area contributed by atoms with Gasteiger partial charge >= 0.3 is 0 Å². The number of para-hydroxylation sites is 1. The van der Waals surface area contributed by atoms with Crippen LogP contribution < -0.4 is 10.0 Å². The van der Waals surface area contributed by atoms with Crippen molar-refractivity contribution in [3.8, 4) is 0 Å². The van der Waals surface area contributed by atoms with Crippen LogP contribution in [0.5, 0.6) is 0 Å². The highest BCUT2D eigenvalue weighted by atomic mass is 32.2. The van der Waals surface area contributed by atoms with Gasteiger partial charge in [0.15, 0.2) is 0 Å². The molecular formula is C14H22N2O2S. The zero-order valence-electron chi connectivity index (χ0n) is 11.6. The lowest BCUT2D eigenvalue weighted by Crippen LogP contribution is -2.34. The van der Waals surface area contributed by atoms with Gasteiger partial charge in [0, 0.05) is 13.1 Å². The number of rotatable bonds is 4. The van der Waals surface area contributed by atoms with Crippen LogP contribution in [0, 0.1) is 0 Å². The van der Waals surface area contributed by atoms with E-state index < -0.39 is 15.3 Å². The molecule has 1 aliphatic heterocycles. The predicted octanol–water partition coefficient (Wildman–Crippen LogP) is 1.68. The van der Waals surface area contributed by atoms with Crippen molar-refractivity contribution in [3.05, 3.63) is 29.3 Å². The fourth-order valence-corrected chi connectivity index (χ4v) is 4.59. The van der Waals surface area contributed by atoms with Crippen molar-refractivity contribution in [3.63, 3.8) is 0 Å². The molecule has 19 heavy (non-hydrogen) atoms. The molecule has 0 aromatic heterocycles. The van der Waals surface area contributed by atoms with Gasteiger partial charge in [-0.2, -0.15) is 0 Å². The second-order valence-corrected chi connectivity index (χ2v) is 7.03. The third-order valence-electron chi connectivity index (χ3n) is 3.86. The summed E-state index contributed by atoms with van der Waals surface area (Å²) in [5.74, 6) is 0. The summed E-state index contributed by atoms with van der Waals surface area (Å²) in [7, 11) is -3.29. The molecule has 0 aliphatic carbocycles. The molecule has 0 bridgehead atoms. The molecule has 0 spiro atoms. The van der Waals surface area contributed by atoms with E-state index in [2.05, 4.69) is 13.8 Å². The summed E-state index contributed by atoms with van der Waals surface area (Å²) in [5, 5.41) is -0.429. The molecule has 106 valence electrons. The van der Waals surface area contributed by atoms with Crippen LogP contribution in [0.3, 0.4) is 0 Å². The van der Waals surface area contributed by atoms with E-state index in [4.69, 9.17) is 5.73 Å². The monoisotopic (exact) mass is 282 g/mol. The normalized spacial score (nSPS) is 21.8. The van der Waals surface area contributed by atoms with E-state index in [-0.39, 0.29) is 6.54 Å². The fourth-order valence-electron chi connectivity index (χ4n) is 2.73. The number of anilines is 1. The van der Waals surface area contributed by atoms with Gasteiger partial charge < -0.3 is 5.73 Å². The van der Waals surface area contributed by atoms with Gasteiger partial charge in [0.2, 0.25) is 10.0 Å².